The highest BCUT2D eigenvalue weighted by Crippen LogP contribution is 2.29. The van der Waals surface area contributed by atoms with Gasteiger partial charge in [0.2, 0.25) is 0 Å². The van der Waals surface area contributed by atoms with Gasteiger partial charge >= 0.3 is 5.97 Å². The third-order valence-corrected chi connectivity index (χ3v) is 8.19. The fourth-order valence-corrected chi connectivity index (χ4v) is 5.18. The maximum absolute atomic E-state index is 12.6. The monoisotopic (exact) mass is 566 g/mol. The van der Waals surface area contributed by atoms with Gasteiger partial charge in [-0.15, -0.1) is 0 Å². The quantitative estimate of drug-likeness (QED) is 0.0906. The van der Waals surface area contributed by atoms with E-state index in [1.54, 1.807) is 24.3 Å². The van der Waals surface area contributed by atoms with E-state index in [0.717, 1.165) is 36.9 Å². The predicted molar refractivity (Wildman–Crippen MR) is 167 cm³/mol. The van der Waals surface area contributed by atoms with Gasteiger partial charge in [-0.05, 0) is 55.2 Å². The number of carbonyl (C=O) groups is 1. The van der Waals surface area contributed by atoms with Crippen molar-refractivity contribution in [2.75, 3.05) is 19.8 Å². The summed E-state index contributed by atoms with van der Waals surface area (Å²) in [6.07, 6.45) is 17.6. The first-order valence-electron chi connectivity index (χ1n) is 16.4. The van der Waals surface area contributed by atoms with Gasteiger partial charge in [-0.3, -0.25) is 0 Å². The second-order valence-electron chi connectivity index (χ2n) is 11.8. The zero-order valence-electron chi connectivity index (χ0n) is 25.9. The summed E-state index contributed by atoms with van der Waals surface area (Å²) >= 11 is 0. The third-order valence-electron chi connectivity index (χ3n) is 8.19. The molecule has 41 heavy (non-hydrogen) atoms. The Kier molecular flexibility index (Phi) is 15.9. The number of rotatable bonds is 20. The van der Waals surface area contributed by atoms with Crippen molar-refractivity contribution >= 4 is 5.97 Å². The molecule has 0 N–H and O–H groups in total. The van der Waals surface area contributed by atoms with Crippen molar-refractivity contribution in [3.63, 3.8) is 0 Å². The van der Waals surface area contributed by atoms with Crippen LogP contribution in [-0.2, 0) is 9.47 Å². The van der Waals surface area contributed by atoms with Crippen LogP contribution in [0.3, 0.4) is 0 Å². The molecular formula is C36H54O5. The molecule has 1 heterocycles. The summed E-state index contributed by atoms with van der Waals surface area (Å²) in [5.41, 5.74) is 1.44. The zero-order chi connectivity index (χ0) is 29.1. The minimum atomic E-state index is -0.386. The van der Waals surface area contributed by atoms with E-state index in [9.17, 15) is 4.79 Å². The number of ether oxygens (including phenoxy) is 4. The van der Waals surface area contributed by atoms with E-state index >= 15 is 0 Å². The zero-order valence-corrected chi connectivity index (χ0v) is 25.9. The molecule has 0 aliphatic carbocycles. The molecule has 1 aliphatic rings. The van der Waals surface area contributed by atoms with Gasteiger partial charge in [0.25, 0.3) is 0 Å². The fraction of sp³-hybridized carbons (Fsp3) is 0.639. The van der Waals surface area contributed by atoms with E-state index in [1.807, 2.05) is 24.3 Å². The van der Waals surface area contributed by atoms with Crippen LogP contribution < -0.4 is 9.47 Å². The first kappa shape index (κ1) is 33.1. The summed E-state index contributed by atoms with van der Waals surface area (Å²) in [6.45, 7) is 8.99. The number of hydrogen-bond acceptors (Lipinski definition) is 5. The lowest BCUT2D eigenvalue weighted by atomic mass is 10.0. The van der Waals surface area contributed by atoms with Crippen molar-refractivity contribution in [1.29, 1.82) is 0 Å². The van der Waals surface area contributed by atoms with E-state index in [1.165, 1.54) is 83.5 Å². The molecule has 228 valence electrons. The Morgan fingerprint density at radius 2 is 1.39 bits per heavy atom. The molecular weight excluding hydrogens is 512 g/mol. The Hall–Kier alpha value is -2.37. The highest BCUT2D eigenvalue weighted by molar-refractivity contribution is 5.91. The Morgan fingerprint density at radius 3 is 2.05 bits per heavy atom. The summed E-state index contributed by atoms with van der Waals surface area (Å²) in [5, 5.41) is 0. The van der Waals surface area contributed by atoms with Crippen LogP contribution in [-0.4, -0.2) is 25.8 Å². The van der Waals surface area contributed by atoms with Gasteiger partial charge in [0.15, 0.2) is 6.29 Å². The topological polar surface area (TPSA) is 54.0 Å². The van der Waals surface area contributed by atoms with Crippen LogP contribution in [0.1, 0.15) is 133 Å². The average molecular weight is 567 g/mol. The number of carbonyl (C=O) groups excluding carboxylic acids is 1. The highest BCUT2D eigenvalue weighted by atomic mass is 16.7. The summed E-state index contributed by atoms with van der Waals surface area (Å²) < 4.78 is 23.5. The lowest BCUT2D eigenvalue weighted by molar-refractivity contribution is -0.206. The molecule has 0 spiro atoms. The second kappa shape index (κ2) is 19.7. The molecule has 1 saturated heterocycles. The molecule has 5 nitrogen and oxygen atoms in total. The van der Waals surface area contributed by atoms with Gasteiger partial charge < -0.3 is 18.9 Å². The van der Waals surface area contributed by atoms with Gasteiger partial charge in [0, 0.05) is 11.5 Å². The molecule has 0 unspecified atom stereocenters. The molecule has 0 amide bonds. The van der Waals surface area contributed by atoms with E-state index in [4.69, 9.17) is 18.9 Å². The highest BCUT2D eigenvalue weighted by Gasteiger charge is 2.23. The molecule has 5 heteroatoms. The van der Waals surface area contributed by atoms with Crippen LogP contribution in [0.25, 0.3) is 0 Å². The molecule has 0 aromatic heterocycles. The summed E-state index contributed by atoms with van der Waals surface area (Å²) in [5.74, 6) is 2.18. The van der Waals surface area contributed by atoms with Crippen LogP contribution in [0.5, 0.6) is 11.5 Å². The van der Waals surface area contributed by atoms with Gasteiger partial charge in [-0.1, -0.05) is 110 Å². The molecule has 1 aliphatic heterocycles. The average Bonchev–Trinajstić information content (AvgIpc) is 3.01. The van der Waals surface area contributed by atoms with Gasteiger partial charge in [0.1, 0.15) is 11.5 Å². The first-order chi connectivity index (χ1) is 20.1. The van der Waals surface area contributed by atoms with Crippen LogP contribution in [0, 0.1) is 11.8 Å². The predicted octanol–water partition coefficient (Wildman–Crippen LogP) is 10.1. The van der Waals surface area contributed by atoms with Crippen molar-refractivity contribution in [3.8, 4) is 11.5 Å². The van der Waals surface area contributed by atoms with Crippen molar-refractivity contribution in [1.82, 2.24) is 0 Å². The molecule has 1 fully saturated rings. The van der Waals surface area contributed by atoms with Gasteiger partial charge in [-0.25, -0.2) is 4.79 Å². The smallest absolute Gasteiger partial charge is 0.343 e. The maximum atomic E-state index is 12.6. The minimum Gasteiger partial charge on any atom is -0.494 e. The maximum Gasteiger partial charge on any atom is 0.343 e. The van der Waals surface area contributed by atoms with E-state index in [2.05, 4.69) is 20.8 Å². The van der Waals surface area contributed by atoms with Crippen molar-refractivity contribution in [2.45, 2.75) is 117 Å². The van der Waals surface area contributed by atoms with Crippen molar-refractivity contribution in [2.24, 2.45) is 11.8 Å². The Balaban J connectivity index is 1.30. The minimum absolute atomic E-state index is 0.359. The Morgan fingerprint density at radius 1 is 0.780 bits per heavy atom. The fourth-order valence-electron chi connectivity index (χ4n) is 5.18. The second-order valence-corrected chi connectivity index (χ2v) is 11.8. The third kappa shape index (κ3) is 13.0. The molecule has 1 atom stereocenters. The Bertz CT molecular complexity index is 947. The summed E-state index contributed by atoms with van der Waals surface area (Å²) in [4.78, 5) is 12.6. The van der Waals surface area contributed by atoms with Crippen LogP contribution in [0.2, 0.25) is 0 Å². The van der Waals surface area contributed by atoms with Crippen molar-refractivity contribution in [3.05, 3.63) is 59.7 Å². The normalized spacial score (nSPS) is 17.7. The van der Waals surface area contributed by atoms with Gasteiger partial charge in [-0.2, -0.15) is 0 Å². The summed E-state index contributed by atoms with van der Waals surface area (Å²) in [7, 11) is 0. The molecule has 3 rings (SSSR count). The largest absolute Gasteiger partial charge is 0.494 e. The molecule has 0 saturated carbocycles. The van der Waals surface area contributed by atoms with Crippen LogP contribution >= 0.6 is 0 Å². The lowest BCUT2D eigenvalue weighted by Gasteiger charge is -2.29. The lowest BCUT2D eigenvalue weighted by Crippen LogP contribution is -2.27. The summed E-state index contributed by atoms with van der Waals surface area (Å²) in [6, 6.07) is 14.6. The van der Waals surface area contributed by atoms with Crippen LogP contribution in [0.15, 0.2) is 48.5 Å². The number of benzene rings is 2. The molecule has 0 radical (unpaired) electrons. The van der Waals surface area contributed by atoms with E-state index < -0.39 is 0 Å². The number of esters is 1. The number of hydrogen-bond donors (Lipinski definition) is 0. The molecule has 0 bridgehead atoms. The molecule has 2 aromatic rings. The number of unbranched alkanes of at least 4 members (excludes halogenated alkanes) is 9. The molecule has 2 aromatic carbocycles. The van der Waals surface area contributed by atoms with Gasteiger partial charge in [0.05, 0.1) is 25.4 Å². The first-order valence-corrected chi connectivity index (χ1v) is 16.4. The van der Waals surface area contributed by atoms with E-state index in [0.29, 0.717) is 23.8 Å². The van der Waals surface area contributed by atoms with Crippen molar-refractivity contribution < 1.29 is 23.7 Å². The SMILES string of the molecule is CCCCCCCCCC[C@H]1CO[C@H](c2ccc(OC(=O)c3ccc(OCCCCC[C@@H](C)CC)cc3)cc2)OC1. The van der Waals surface area contributed by atoms with Crippen LogP contribution in [0.4, 0.5) is 0 Å². The van der Waals surface area contributed by atoms with E-state index in [-0.39, 0.29) is 12.3 Å². The Labute approximate surface area is 249 Å². The standard InChI is InChI=1S/C36H54O5/c1-4-6-7-8-9-10-11-14-17-30-27-39-36(40-28-30)32-20-24-34(25-21-32)41-35(37)31-18-22-33(23-19-31)38-26-15-12-13-16-29(3)5-2/h18-25,29-30,36H,4-17,26-28H2,1-3H3/t29-,30-,36-/m0/s1.